The van der Waals surface area contributed by atoms with Crippen LogP contribution in [-0.2, 0) is 0 Å². The molecule has 0 bridgehead atoms. The molecule has 2 nitrogen and oxygen atoms in total. The first kappa shape index (κ1) is 6.33. The van der Waals surface area contributed by atoms with Crippen LogP contribution in [0.25, 0.3) is 0 Å². The Balaban J connectivity index is 2.61. The zero-order valence-electron chi connectivity index (χ0n) is 5.81. The molecule has 1 aromatic rings. The first-order valence-corrected chi connectivity index (χ1v) is 3.18. The highest BCUT2D eigenvalue weighted by atomic mass is 15.1. The second-order valence-corrected chi connectivity index (χ2v) is 2.09. The molecular weight excluding hydrogens is 112 g/mol. The number of hydrogen-bond donors (Lipinski definition) is 1. The molecule has 0 aromatic carbocycles. The highest BCUT2D eigenvalue weighted by Crippen LogP contribution is 2.01. The number of H-pyrrole nitrogens is 1. The van der Waals surface area contributed by atoms with Crippen LogP contribution in [0.5, 0.6) is 0 Å². The Morgan fingerprint density at radius 3 is 3.00 bits per heavy atom. The van der Waals surface area contributed by atoms with Gasteiger partial charge in [0.1, 0.15) is 0 Å². The average Bonchev–Trinajstić information content (AvgIpc) is 2.17. The van der Waals surface area contributed by atoms with Crippen LogP contribution in [0.4, 0.5) is 0 Å². The van der Waals surface area contributed by atoms with Crippen LogP contribution in [0, 0.1) is 13.3 Å². The summed E-state index contributed by atoms with van der Waals surface area (Å²) in [6, 6.07) is 2.03. The van der Waals surface area contributed by atoms with Gasteiger partial charge in [-0.3, -0.25) is 5.10 Å². The van der Waals surface area contributed by atoms with Gasteiger partial charge < -0.3 is 0 Å². The van der Waals surface area contributed by atoms with E-state index in [0.717, 1.165) is 17.8 Å². The van der Waals surface area contributed by atoms with Gasteiger partial charge in [-0.05, 0) is 19.4 Å². The molecule has 0 spiro atoms. The van der Waals surface area contributed by atoms with Gasteiger partial charge in [0, 0.05) is 12.1 Å². The second kappa shape index (κ2) is 2.67. The zero-order valence-corrected chi connectivity index (χ0v) is 5.81. The molecule has 0 saturated carbocycles. The molecule has 0 aliphatic heterocycles. The molecular formula is C7H11N2. The molecule has 0 atom stereocenters. The summed E-state index contributed by atoms with van der Waals surface area (Å²) in [6.45, 7) is 4.10. The number of hydrogen-bond acceptors (Lipinski definition) is 1. The molecule has 0 unspecified atom stereocenters. The predicted molar refractivity (Wildman–Crippen MR) is 37.0 cm³/mol. The summed E-state index contributed by atoms with van der Waals surface area (Å²) >= 11 is 0. The maximum atomic E-state index is 4.02. The van der Waals surface area contributed by atoms with Crippen molar-refractivity contribution >= 4 is 0 Å². The topological polar surface area (TPSA) is 28.7 Å². The Labute approximate surface area is 55.3 Å². The molecule has 0 amide bonds. The smallest absolute Gasteiger partial charge is 0.0662 e. The molecule has 1 N–H and O–H groups in total. The summed E-state index contributed by atoms with van der Waals surface area (Å²) in [5.41, 5.74) is 2.17. The Kier molecular flexibility index (Phi) is 1.88. The van der Waals surface area contributed by atoms with Crippen LogP contribution >= 0.6 is 0 Å². The Hall–Kier alpha value is -0.790. The number of aromatic nitrogens is 2. The molecule has 1 aromatic heterocycles. The molecule has 1 heterocycles. The zero-order chi connectivity index (χ0) is 6.69. The first-order chi connectivity index (χ1) is 4.33. The van der Waals surface area contributed by atoms with E-state index >= 15 is 0 Å². The largest absolute Gasteiger partial charge is 0.283 e. The lowest BCUT2D eigenvalue weighted by Crippen LogP contribution is -1.77. The third-order valence-electron chi connectivity index (χ3n) is 1.14. The molecule has 2 heteroatoms. The summed E-state index contributed by atoms with van der Waals surface area (Å²) in [5, 5.41) is 6.90. The molecule has 9 heavy (non-hydrogen) atoms. The van der Waals surface area contributed by atoms with Crippen molar-refractivity contribution in [3.63, 3.8) is 0 Å². The minimum Gasteiger partial charge on any atom is -0.283 e. The van der Waals surface area contributed by atoms with Crippen LogP contribution in [0.15, 0.2) is 6.07 Å². The SMILES string of the molecule is CC[CH]c1cc(C)[nH]n1. The van der Waals surface area contributed by atoms with Crippen molar-refractivity contribution in [2.45, 2.75) is 20.3 Å². The van der Waals surface area contributed by atoms with Crippen LogP contribution in [0.2, 0.25) is 0 Å². The van der Waals surface area contributed by atoms with Crippen molar-refractivity contribution in [1.29, 1.82) is 0 Å². The van der Waals surface area contributed by atoms with Crippen LogP contribution in [0.3, 0.4) is 0 Å². The van der Waals surface area contributed by atoms with E-state index in [4.69, 9.17) is 0 Å². The van der Waals surface area contributed by atoms with Gasteiger partial charge in [0.2, 0.25) is 0 Å². The van der Waals surface area contributed by atoms with Gasteiger partial charge in [-0.1, -0.05) is 6.92 Å². The van der Waals surface area contributed by atoms with Crippen LogP contribution in [-0.4, -0.2) is 10.2 Å². The van der Waals surface area contributed by atoms with Gasteiger partial charge in [-0.25, -0.2) is 0 Å². The number of aryl methyl sites for hydroxylation is 1. The Bertz CT molecular complexity index is 179. The standard InChI is InChI=1S/C7H11N2/c1-3-4-7-5-6(2)8-9-7/h4-5H,3H2,1-2H3,(H,8,9). The molecule has 1 rings (SSSR count). The average molecular weight is 123 g/mol. The van der Waals surface area contributed by atoms with Crippen molar-refractivity contribution in [3.05, 3.63) is 23.9 Å². The lowest BCUT2D eigenvalue weighted by Gasteiger charge is -1.83. The molecule has 49 valence electrons. The van der Waals surface area contributed by atoms with E-state index in [9.17, 15) is 0 Å². The fraction of sp³-hybridized carbons (Fsp3) is 0.429. The fourth-order valence-electron chi connectivity index (χ4n) is 0.753. The monoisotopic (exact) mass is 123 g/mol. The van der Waals surface area contributed by atoms with Gasteiger partial charge >= 0.3 is 0 Å². The number of aromatic amines is 1. The van der Waals surface area contributed by atoms with Crippen molar-refractivity contribution in [2.75, 3.05) is 0 Å². The predicted octanol–water partition coefficient (Wildman–Crippen LogP) is 1.68. The van der Waals surface area contributed by atoms with Crippen molar-refractivity contribution in [2.24, 2.45) is 0 Å². The van der Waals surface area contributed by atoms with Gasteiger partial charge in [0.05, 0.1) is 5.69 Å². The second-order valence-electron chi connectivity index (χ2n) is 2.09. The van der Waals surface area contributed by atoms with E-state index in [-0.39, 0.29) is 0 Å². The Morgan fingerprint density at radius 1 is 1.78 bits per heavy atom. The normalized spacial score (nSPS) is 10.0. The van der Waals surface area contributed by atoms with Crippen molar-refractivity contribution in [3.8, 4) is 0 Å². The van der Waals surface area contributed by atoms with Gasteiger partial charge in [0.15, 0.2) is 0 Å². The third kappa shape index (κ3) is 1.56. The van der Waals surface area contributed by atoms with E-state index in [2.05, 4.69) is 23.5 Å². The summed E-state index contributed by atoms with van der Waals surface area (Å²) in [4.78, 5) is 0. The maximum absolute atomic E-state index is 4.02. The summed E-state index contributed by atoms with van der Waals surface area (Å²) in [7, 11) is 0. The minimum atomic E-state index is 1.05. The number of nitrogens with one attached hydrogen (secondary N) is 1. The molecule has 0 aliphatic rings. The van der Waals surface area contributed by atoms with E-state index in [1.54, 1.807) is 0 Å². The lowest BCUT2D eigenvalue weighted by molar-refractivity contribution is 0.992. The van der Waals surface area contributed by atoms with Gasteiger partial charge in [0.25, 0.3) is 0 Å². The van der Waals surface area contributed by atoms with E-state index < -0.39 is 0 Å². The van der Waals surface area contributed by atoms with Crippen molar-refractivity contribution in [1.82, 2.24) is 10.2 Å². The van der Waals surface area contributed by atoms with E-state index in [0.29, 0.717) is 0 Å². The highest BCUT2D eigenvalue weighted by molar-refractivity contribution is 5.14. The molecule has 0 saturated heterocycles. The van der Waals surface area contributed by atoms with E-state index in [1.807, 2.05) is 13.0 Å². The molecule has 0 fully saturated rings. The van der Waals surface area contributed by atoms with Crippen molar-refractivity contribution < 1.29 is 0 Å². The Morgan fingerprint density at radius 2 is 2.56 bits per heavy atom. The number of rotatable bonds is 2. The van der Waals surface area contributed by atoms with E-state index in [1.165, 1.54) is 0 Å². The molecule has 1 radical (unpaired) electrons. The highest BCUT2D eigenvalue weighted by Gasteiger charge is 1.93. The van der Waals surface area contributed by atoms with Crippen LogP contribution < -0.4 is 0 Å². The first-order valence-electron chi connectivity index (χ1n) is 3.18. The summed E-state index contributed by atoms with van der Waals surface area (Å²) < 4.78 is 0. The summed E-state index contributed by atoms with van der Waals surface area (Å²) in [5.74, 6) is 0. The molecule has 0 aliphatic carbocycles. The summed E-state index contributed by atoms with van der Waals surface area (Å²) in [6.07, 6.45) is 3.13. The van der Waals surface area contributed by atoms with Crippen LogP contribution in [0.1, 0.15) is 24.7 Å². The van der Waals surface area contributed by atoms with Gasteiger partial charge in [-0.15, -0.1) is 0 Å². The maximum Gasteiger partial charge on any atom is 0.0662 e. The lowest BCUT2D eigenvalue weighted by atomic mass is 10.2. The quantitative estimate of drug-likeness (QED) is 0.636. The van der Waals surface area contributed by atoms with Gasteiger partial charge in [-0.2, -0.15) is 5.10 Å². The third-order valence-corrected chi connectivity index (χ3v) is 1.14. The minimum absolute atomic E-state index is 1.05. The fourth-order valence-corrected chi connectivity index (χ4v) is 0.753. The number of nitrogens with zero attached hydrogens (tertiary/aromatic N) is 1.